The first-order valence-corrected chi connectivity index (χ1v) is 11.6. The number of hydrogen-bond donors (Lipinski definition) is 0. The summed E-state index contributed by atoms with van der Waals surface area (Å²) in [6.45, 7) is 14.0. The zero-order valence-corrected chi connectivity index (χ0v) is 20.5. The zero-order chi connectivity index (χ0) is 22.4. The Labute approximate surface area is 179 Å². The molecule has 0 radical (unpaired) electrons. The van der Waals surface area contributed by atoms with Crippen LogP contribution in [0.15, 0.2) is 0 Å². The van der Waals surface area contributed by atoms with Gasteiger partial charge < -0.3 is 19.6 Å². The standard InChI is InChI=1S/C10H18N2O.C9H16N2O.2C2H6/c1-11(2)9(13)10-4-8(5-10)6-12(3)7-10;1-7(12)11-8-3-4-9(11)6-10(2)5-8;2*1-2/h8H,4-7H2,1-3H3;8-9H,3-6H2,1-2H3;2*1-2H3. The molecule has 0 aromatic heterocycles. The van der Waals surface area contributed by atoms with Crippen LogP contribution in [-0.2, 0) is 9.59 Å². The molecule has 4 bridgehead atoms. The Morgan fingerprint density at radius 3 is 1.72 bits per heavy atom. The van der Waals surface area contributed by atoms with E-state index in [-0.39, 0.29) is 11.3 Å². The first-order chi connectivity index (χ1) is 13.7. The molecule has 5 rings (SSSR count). The van der Waals surface area contributed by atoms with E-state index in [4.69, 9.17) is 0 Å². The quantitative estimate of drug-likeness (QED) is 0.667. The highest BCUT2D eigenvalue weighted by molar-refractivity contribution is 5.84. The van der Waals surface area contributed by atoms with Gasteiger partial charge in [0.25, 0.3) is 0 Å². The summed E-state index contributed by atoms with van der Waals surface area (Å²) in [7, 11) is 7.98. The van der Waals surface area contributed by atoms with Crippen molar-refractivity contribution >= 4 is 11.8 Å². The summed E-state index contributed by atoms with van der Waals surface area (Å²) in [5.41, 5.74) is -0.0127. The normalized spacial score (nSPS) is 32.3. The minimum atomic E-state index is -0.0127. The molecule has 29 heavy (non-hydrogen) atoms. The maximum absolute atomic E-state index is 11.9. The average molecular weight is 411 g/mol. The van der Waals surface area contributed by atoms with Gasteiger partial charge in [0.05, 0.1) is 5.41 Å². The fourth-order valence-electron chi connectivity index (χ4n) is 5.67. The molecule has 4 aliphatic heterocycles. The fourth-order valence-corrected chi connectivity index (χ4v) is 5.67. The molecule has 1 saturated carbocycles. The highest BCUT2D eigenvalue weighted by Crippen LogP contribution is 2.50. The third-order valence-electron chi connectivity index (χ3n) is 6.39. The van der Waals surface area contributed by atoms with Gasteiger partial charge in [0, 0.05) is 59.3 Å². The Hall–Kier alpha value is -1.14. The Bertz CT molecular complexity index is 517. The molecular formula is C23H46N4O2. The number of nitrogens with zero attached hydrogens (tertiary/aromatic N) is 4. The van der Waals surface area contributed by atoms with E-state index < -0.39 is 0 Å². The smallest absolute Gasteiger partial charge is 0.229 e. The Kier molecular flexibility index (Phi) is 10.1. The van der Waals surface area contributed by atoms with Crippen LogP contribution in [0.4, 0.5) is 0 Å². The van der Waals surface area contributed by atoms with Gasteiger partial charge in [-0.25, -0.2) is 0 Å². The molecule has 170 valence electrons. The van der Waals surface area contributed by atoms with E-state index in [1.165, 1.54) is 19.4 Å². The largest absolute Gasteiger partial charge is 0.348 e. The second kappa shape index (κ2) is 11.3. The molecule has 6 heteroatoms. The minimum absolute atomic E-state index is 0.0127. The van der Waals surface area contributed by atoms with Crippen molar-refractivity contribution in [3.63, 3.8) is 0 Å². The van der Waals surface area contributed by atoms with E-state index in [2.05, 4.69) is 28.8 Å². The van der Waals surface area contributed by atoms with Crippen molar-refractivity contribution in [1.29, 1.82) is 0 Å². The maximum atomic E-state index is 11.9. The van der Waals surface area contributed by atoms with Gasteiger partial charge in [-0.1, -0.05) is 27.7 Å². The summed E-state index contributed by atoms with van der Waals surface area (Å²) in [6, 6.07) is 1.01. The SMILES string of the molecule is CC.CC.CC(=O)N1C2CCC1CN(C)C2.CN1CC2CC(C(=O)N(C)C)(C2)C1. The second-order valence-electron chi connectivity index (χ2n) is 8.98. The second-order valence-corrected chi connectivity index (χ2v) is 8.98. The van der Waals surface area contributed by atoms with Gasteiger partial charge in [-0.3, -0.25) is 9.59 Å². The average Bonchev–Trinajstić information content (AvgIpc) is 2.95. The molecule has 0 aromatic rings. The molecule has 0 N–H and O–H groups in total. The van der Waals surface area contributed by atoms with Crippen molar-refractivity contribution < 1.29 is 9.59 Å². The zero-order valence-electron chi connectivity index (χ0n) is 20.5. The molecule has 4 saturated heterocycles. The highest BCUT2D eigenvalue weighted by Gasteiger charge is 2.54. The molecule has 2 unspecified atom stereocenters. The number of likely N-dealkylation sites (N-methyl/N-ethyl adjacent to an activating group) is 1. The monoisotopic (exact) mass is 410 g/mol. The van der Waals surface area contributed by atoms with Crippen LogP contribution in [0.2, 0.25) is 0 Å². The van der Waals surface area contributed by atoms with E-state index in [1.54, 1.807) is 11.8 Å². The molecule has 5 aliphatic rings. The number of fused-ring (bicyclic) bond motifs is 4. The van der Waals surface area contributed by atoms with Gasteiger partial charge in [-0.15, -0.1) is 0 Å². The Morgan fingerprint density at radius 2 is 1.34 bits per heavy atom. The molecule has 0 spiro atoms. The summed E-state index contributed by atoms with van der Waals surface area (Å²) in [4.78, 5) is 31.6. The number of carbonyl (C=O) groups is 2. The number of likely N-dealkylation sites (tertiary alicyclic amines) is 1. The first kappa shape index (κ1) is 25.9. The van der Waals surface area contributed by atoms with E-state index in [0.717, 1.165) is 38.4 Å². The lowest BCUT2D eigenvalue weighted by Crippen LogP contribution is -2.61. The summed E-state index contributed by atoms with van der Waals surface area (Å²) in [5, 5.41) is 0. The molecule has 5 fully saturated rings. The number of piperidine rings is 2. The lowest BCUT2D eigenvalue weighted by atomic mass is 9.58. The van der Waals surface area contributed by atoms with Crippen LogP contribution in [0.5, 0.6) is 0 Å². The summed E-state index contributed by atoms with van der Waals surface area (Å²) >= 11 is 0. The lowest BCUT2D eigenvalue weighted by Gasteiger charge is -2.55. The molecule has 2 atom stereocenters. The van der Waals surface area contributed by atoms with E-state index in [1.807, 2.05) is 41.8 Å². The summed E-state index contributed by atoms with van der Waals surface area (Å²) < 4.78 is 0. The molecule has 1 aliphatic carbocycles. The third kappa shape index (κ3) is 5.94. The number of carbonyl (C=O) groups excluding carboxylic acids is 2. The number of amides is 2. The van der Waals surface area contributed by atoms with Gasteiger partial charge in [0.15, 0.2) is 0 Å². The van der Waals surface area contributed by atoms with Gasteiger partial charge in [-0.2, -0.15) is 0 Å². The Morgan fingerprint density at radius 1 is 0.862 bits per heavy atom. The molecule has 6 nitrogen and oxygen atoms in total. The summed E-state index contributed by atoms with van der Waals surface area (Å²) in [5.74, 6) is 1.37. The third-order valence-corrected chi connectivity index (χ3v) is 6.39. The first-order valence-electron chi connectivity index (χ1n) is 11.6. The number of rotatable bonds is 1. The fraction of sp³-hybridized carbons (Fsp3) is 0.913. The number of hydrogen-bond acceptors (Lipinski definition) is 4. The van der Waals surface area contributed by atoms with Crippen LogP contribution in [0, 0.1) is 11.3 Å². The van der Waals surface area contributed by atoms with Crippen molar-refractivity contribution in [1.82, 2.24) is 19.6 Å². The van der Waals surface area contributed by atoms with E-state index in [0.29, 0.717) is 18.0 Å². The van der Waals surface area contributed by atoms with Gasteiger partial charge in [0.2, 0.25) is 11.8 Å². The molecule has 4 heterocycles. The van der Waals surface area contributed by atoms with Crippen LogP contribution in [0.3, 0.4) is 0 Å². The van der Waals surface area contributed by atoms with Crippen molar-refractivity contribution in [3.05, 3.63) is 0 Å². The van der Waals surface area contributed by atoms with Crippen LogP contribution in [0.25, 0.3) is 0 Å². The molecule has 2 amide bonds. The molecular weight excluding hydrogens is 364 g/mol. The van der Waals surface area contributed by atoms with Crippen molar-refractivity contribution in [2.45, 2.75) is 72.4 Å². The van der Waals surface area contributed by atoms with Crippen molar-refractivity contribution in [2.75, 3.05) is 54.4 Å². The topological polar surface area (TPSA) is 47.1 Å². The lowest BCUT2D eigenvalue weighted by molar-refractivity contribution is -0.157. The van der Waals surface area contributed by atoms with E-state index >= 15 is 0 Å². The van der Waals surface area contributed by atoms with Gasteiger partial charge in [0.1, 0.15) is 0 Å². The maximum Gasteiger partial charge on any atom is 0.229 e. The number of piperazine rings is 1. The minimum Gasteiger partial charge on any atom is -0.348 e. The van der Waals surface area contributed by atoms with Crippen LogP contribution in [-0.4, -0.2) is 97.9 Å². The van der Waals surface area contributed by atoms with Crippen molar-refractivity contribution in [2.24, 2.45) is 11.3 Å². The Balaban J connectivity index is 0.000000248. The van der Waals surface area contributed by atoms with Crippen molar-refractivity contribution in [3.8, 4) is 0 Å². The van der Waals surface area contributed by atoms with Gasteiger partial charge >= 0.3 is 0 Å². The van der Waals surface area contributed by atoms with Crippen LogP contribution in [0.1, 0.15) is 60.3 Å². The van der Waals surface area contributed by atoms with Gasteiger partial charge in [-0.05, 0) is 45.7 Å². The van der Waals surface area contributed by atoms with Crippen LogP contribution < -0.4 is 0 Å². The predicted molar refractivity (Wildman–Crippen MR) is 121 cm³/mol. The summed E-state index contributed by atoms with van der Waals surface area (Å²) in [6.07, 6.45) is 4.64. The molecule has 0 aromatic carbocycles. The van der Waals surface area contributed by atoms with Crippen LogP contribution >= 0.6 is 0 Å². The predicted octanol–water partition coefficient (Wildman–Crippen LogP) is 2.78. The highest BCUT2D eigenvalue weighted by atomic mass is 16.2. The van der Waals surface area contributed by atoms with E-state index in [9.17, 15) is 9.59 Å².